The smallest absolute Gasteiger partial charge is 0.246 e. The van der Waals surface area contributed by atoms with Crippen molar-refractivity contribution in [3.63, 3.8) is 0 Å². The van der Waals surface area contributed by atoms with Gasteiger partial charge in [-0.05, 0) is 31.5 Å². The fourth-order valence-corrected chi connectivity index (χ4v) is 2.82. The summed E-state index contributed by atoms with van der Waals surface area (Å²) in [5, 5.41) is 0. The van der Waals surface area contributed by atoms with Crippen molar-refractivity contribution >= 4 is 5.91 Å². The number of carbonyl (C=O) groups excluding carboxylic acids is 1. The number of benzene rings is 1. The van der Waals surface area contributed by atoms with E-state index in [2.05, 4.69) is 29.0 Å². The maximum Gasteiger partial charge on any atom is 0.246 e. The Morgan fingerprint density at radius 3 is 2.72 bits per heavy atom. The Morgan fingerprint density at radius 1 is 1.16 bits per heavy atom. The van der Waals surface area contributed by atoms with Crippen molar-refractivity contribution in [2.24, 2.45) is 0 Å². The standard InChI is InChI=1S/C20H22N4O/c1-16-6-5-7-18(12-16)13-24(14-19-8-3-4-9-22-19)20(25)17(2)23-11-10-21-15-23/h3-12,15,17H,13-14H2,1-2H3/t17-/m0/s1. The van der Waals surface area contributed by atoms with Crippen molar-refractivity contribution in [1.29, 1.82) is 0 Å². The molecule has 0 aliphatic rings. The third-order valence-electron chi connectivity index (χ3n) is 4.18. The van der Waals surface area contributed by atoms with Crippen LogP contribution in [0.25, 0.3) is 0 Å². The van der Waals surface area contributed by atoms with Crippen LogP contribution in [0, 0.1) is 6.92 Å². The minimum absolute atomic E-state index is 0.0464. The zero-order valence-corrected chi connectivity index (χ0v) is 14.5. The first-order chi connectivity index (χ1) is 12.1. The van der Waals surface area contributed by atoms with Crippen LogP contribution in [0.2, 0.25) is 0 Å². The first-order valence-electron chi connectivity index (χ1n) is 8.35. The summed E-state index contributed by atoms with van der Waals surface area (Å²) in [6.07, 6.45) is 6.93. The van der Waals surface area contributed by atoms with E-state index in [1.165, 1.54) is 5.56 Å². The second-order valence-corrected chi connectivity index (χ2v) is 6.19. The summed E-state index contributed by atoms with van der Waals surface area (Å²) in [6.45, 7) is 4.98. The number of hydrogen-bond donors (Lipinski definition) is 0. The molecular formula is C20H22N4O. The number of carbonyl (C=O) groups is 1. The minimum atomic E-state index is -0.309. The van der Waals surface area contributed by atoms with Gasteiger partial charge in [-0.3, -0.25) is 9.78 Å². The molecule has 5 nitrogen and oxygen atoms in total. The highest BCUT2D eigenvalue weighted by molar-refractivity contribution is 5.80. The number of rotatable bonds is 6. The molecule has 128 valence electrons. The Bertz CT molecular complexity index is 815. The molecule has 0 saturated heterocycles. The SMILES string of the molecule is Cc1cccc(CN(Cc2ccccn2)C(=O)[C@H](C)n2ccnc2)c1. The molecule has 3 aromatic rings. The Balaban J connectivity index is 1.84. The van der Waals surface area contributed by atoms with Gasteiger partial charge in [0.15, 0.2) is 0 Å². The molecule has 0 unspecified atom stereocenters. The molecule has 1 aromatic carbocycles. The predicted molar refractivity (Wildman–Crippen MR) is 96.6 cm³/mol. The lowest BCUT2D eigenvalue weighted by molar-refractivity contribution is -0.135. The van der Waals surface area contributed by atoms with Crippen LogP contribution in [0.1, 0.15) is 29.8 Å². The molecule has 3 rings (SSSR count). The molecule has 0 radical (unpaired) electrons. The molecule has 1 amide bonds. The van der Waals surface area contributed by atoms with Crippen LogP contribution < -0.4 is 0 Å². The summed E-state index contributed by atoms with van der Waals surface area (Å²) < 4.78 is 1.82. The van der Waals surface area contributed by atoms with E-state index >= 15 is 0 Å². The van der Waals surface area contributed by atoms with E-state index in [1.54, 1.807) is 18.7 Å². The predicted octanol–water partition coefficient (Wildman–Crippen LogP) is 3.38. The van der Waals surface area contributed by atoms with Crippen molar-refractivity contribution < 1.29 is 4.79 Å². The van der Waals surface area contributed by atoms with E-state index in [-0.39, 0.29) is 11.9 Å². The van der Waals surface area contributed by atoms with Crippen molar-refractivity contribution in [2.45, 2.75) is 33.0 Å². The molecule has 0 N–H and O–H groups in total. The Hall–Kier alpha value is -2.95. The highest BCUT2D eigenvalue weighted by Crippen LogP contribution is 2.16. The Labute approximate surface area is 148 Å². The first-order valence-corrected chi connectivity index (χ1v) is 8.35. The van der Waals surface area contributed by atoms with E-state index in [0.29, 0.717) is 13.1 Å². The van der Waals surface area contributed by atoms with Crippen LogP contribution in [-0.2, 0) is 17.9 Å². The van der Waals surface area contributed by atoms with Crippen LogP contribution in [0.15, 0.2) is 67.4 Å². The van der Waals surface area contributed by atoms with Crippen molar-refractivity contribution in [1.82, 2.24) is 19.4 Å². The molecule has 5 heteroatoms. The first kappa shape index (κ1) is 16.9. The average molecular weight is 334 g/mol. The summed E-state index contributed by atoms with van der Waals surface area (Å²) in [4.78, 5) is 23.3. The normalized spacial score (nSPS) is 11.9. The number of aryl methyl sites for hydroxylation is 1. The lowest BCUT2D eigenvalue weighted by Gasteiger charge is -2.26. The van der Waals surface area contributed by atoms with Crippen molar-refractivity contribution in [2.75, 3.05) is 0 Å². The zero-order chi connectivity index (χ0) is 17.6. The van der Waals surface area contributed by atoms with Gasteiger partial charge in [0.1, 0.15) is 6.04 Å². The topological polar surface area (TPSA) is 51.0 Å². The van der Waals surface area contributed by atoms with Gasteiger partial charge in [-0.15, -0.1) is 0 Å². The molecule has 2 aromatic heterocycles. The van der Waals surface area contributed by atoms with E-state index in [9.17, 15) is 4.79 Å². The molecule has 25 heavy (non-hydrogen) atoms. The molecule has 0 bridgehead atoms. The fraction of sp³-hybridized carbons (Fsp3) is 0.250. The summed E-state index contributed by atoms with van der Waals surface area (Å²) in [5.74, 6) is 0.0464. The second kappa shape index (κ2) is 7.75. The van der Waals surface area contributed by atoms with Crippen LogP contribution in [0.3, 0.4) is 0 Å². The van der Waals surface area contributed by atoms with Crippen molar-refractivity contribution in [3.05, 3.63) is 84.2 Å². The number of hydrogen-bond acceptors (Lipinski definition) is 3. The van der Waals surface area contributed by atoms with Crippen molar-refractivity contribution in [3.8, 4) is 0 Å². The van der Waals surface area contributed by atoms with Gasteiger partial charge in [0.25, 0.3) is 0 Å². The van der Waals surface area contributed by atoms with Gasteiger partial charge in [0.05, 0.1) is 18.6 Å². The Kier molecular flexibility index (Phi) is 5.23. The van der Waals surface area contributed by atoms with Gasteiger partial charge in [-0.1, -0.05) is 35.9 Å². The number of imidazole rings is 1. The van der Waals surface area contributed by atoms with Gasteiger partial charge in [-0.25, -0.2) is 4.98 Å². The number of pyridine rings is 1. The maximum atomic E-state index is 13.1. The molecule has 0 aliphatic carbocycles. The fourth-order valence-electron chi connectivity index (χ4n) is 2.82. The van der Waals surface area contributed by atoms with Crippen LogP contribution in [0.4, 0.5) is 0 Å². The number of aromatic nitrogens is 3. The maximum absolute atomic E-state index is 13.1. The summed E-state index contributed by atoms with van der Waals surface area (Å²) in [6, 6.07) is 13.7. The van der Waals surface area contributed by atoms with Crippen LogP contribution >= 0.6 is 0 Å². The van der Waals surface area contributed by atoms with E-state index in [1.807, 2.05) is 52.9 Å². The highest BCUT2D eigenvalue weighted by Gasteiger charge is 2.22. The van der Waals surface area contributed by atoms with E-state index < -0.39 is 0 Å². The summed E-state index contributed by atoms with van der Waals surface area (Å²) >= 11 is 0. The summed E-state index contributed by atoms with van der Waals surface area (Å²) in [5.41, 5.74) is 3.17. The van der Waals surface area contributed by atoms with Gasteiger partial charge in [-0.2, -0.15) is 0 Å². The Morgan fingerprint density at radius 2 is 2.04 bits per heavy atom. The third-order valence-corrected chi connectivity index (χ3v) is 4.18. The van der Waals surface area contributed by atoms with Crippen LogP contribution in [-0.4, -0.2) is 25.3 Å². The van der Waals surface area contributed by atoms with Gasteiger partial charge in [0.2, 0.25) is 5.91 Å². The highest BCUT2D eigenvalue weighted by atomic mass is 16.2. The number of amides is 1. The third kappa shape index (κ3) is 4.32. The largest absolute Gasteiger partial charge is 0.331 e. The van der Waals surface area contributed by atoms with Gasteiger partial charge in [0, 0.05) is 25.1 Å². The quantitative estimate of drug-likeness (QED) is 0.694. The lowest BCUT2D eigenvalue weighted by Crippen LogP contribution is -2.35. The molecule has 0 aliphatic heterocycles. The minimum Gasteiger partial charge on any atom is -0.331 e. The number of nitrogens with zero attached hydrogens (tertiary/aromatic N) is 4. The summed E-state index contributed by atoms with van der Waals surface area (Å²) in [7, 11) is 0. The monoisotopic (exact) mass is 334 g/mol. The van der Waals surface area contributed by atoms with Gasteiger partial charge < -0.3 is 9.47 Å². The molecule has 0 spiro atoms. The molecule has 0 saturated carbocycles. The molecule has 0 fully saturated rings. The average Bonchev–Trinajstić information content (AvgIpc) is 3.15. The molecular weight excluding hydrogens is 312 g/mol. The zero-order valence-electron chi connectivity index (χ0n) is 14.5. The van der Waals surface area contributed by atoms with E-state index in [0.717, 1.165) is 11.3 Å². The van der Waals surface area contributed by atoms with E-state index in [4.69, 9.17) is 0 Å². The van der Waals surface area contributed by atoms with Crippen LogP contribution in [0.5, 0.6) is 0 Å². The molecule has 2 heterocycles. The lowest BCUT2D eigenvalue weighted by atomic mass is 10.1. The molecule has 1 atom stereocenters. The second-order valence-electron chi connectivity index (χ2n) is 6.19. The van der Waals surface area contributed by atoms with Gasteiger partial charge >= 0.3 is 0 Å².